The number of rotatable bonds is 6. The van der Waals surface area contributed by atoms with Crippen molar-refractivity contribution in [3.63, 3.8) is 0 Å². The molecular formula is C31H31N5O3. The van der Waals surface area contributed by atoms with Crippen LogP contribution >= 0.6 is 0 Å². The van der Waals surface area contributed by atoms with Gasteiger partial charge in [0.1, 0.15) is 17.1 Å². The number of para-hydroxylation sites is 1. The van der Waals surface area contributed by atoms with E-state index in [9.17, 15) is 9.90 Å². The number of piperidine rings is 1. The van der Waals surface area contributed by atoms with E-state index >= 15 is 0 Å². The molecule has 39 heavy (non-hydrogen) atoms. The lowest BCUT2D eigenvalue weighted by molar-refractivity contribution is -0.0278. The van der Waals surface area contributed by atoms with Crippen molar-refractivity contribution in [1.29, 1.82) is 0 Å². The second-order valence-corrected chi connectivity index (χ2v) is 10.2. The number of aryl methyl sites for hydroxylation is 1. The van der Waals surface area contributed by atoms with E-state index in [0.717, 1.165) is 30.9 Å². The molecule has 0 unspecified atom stereocenters. The van der Waals surface area contributed by atoms with Gasteiger partial charge in [-0.2, -0.15) is 5.10 Å². The number of ether oxygens (including phenoxy) is 1. The van der Waals surface area contributed by atoms with Gasteiger partial charge in [0.15, 0.2) is 5.52 Å². The van der Waals surface area contributed by atoms with Crippen LogP contribution < -0.4 is 10.3 Å². The largest absolute Gasteiger partial charge is 0.496 e. The van der Waals surface area contributed by atoms with Crippen molar-refractivity contribution in [3.8, 4) is 22.8 Å². The molecule has 0 atom stereocenters. The third-order valence-electron chi connectivity index (χ3n) is 7.63. The maximum atomic E-state index is 13.3. The van der Waals surface area contributed by atoms with Crippen LogP contribution in [0.2, 0.25) is 0 Å². The summed E-state index contributed by atoms with van der Waals surface area (Å²) in [4.78, 5) is 23.3. The number of methoxy groups -OCH3 is 1. The number of nitrogens with zero attached hydrogens (tertiary/aromatic N) is 4. The Bertz CT molecular complexity index is 1670. The van der Waals surface area contributed by atoms with Gasteiger partial charge in [-0.25, -0.2) is 9.67 Å². The second-order valence-electron chi connectivity index (χ2n) is 10.2. The van der Waals surface area contributed by atoms with Gasteiger partial charge in [-0.15, -0.1) is 0 Å². The van der Waals surface area contributed by atoms with Crippen LogP contribution in [0.5, 0.6) is 5.75 Å². The molecule has 0 spiro atoms. The second kappa shape index (κ2) is 10.1. The number of benzene rings is 3. The highest BCUT2D eigenvalue weighted by atomic mass is 16.5. The zero-order valence-corrected chi connectivity index (χ0v) is 22.1. The fourth-order valence-electron chi connectivity index (χ4n) is 5.43. The number of fused-ring (bicyclic) bond motifs is 1. The van der Waals surface area contributed by atoms with Crippen LogP contribution in [0.25, 0.3) is 28.1 Å². The average Bonchev–Trinajstić information content (AvgIpc) is 3.31. The lowest BCUT2D eigenvalue weighted by Crippen LogP contribution is -2.42. The maximum Gasteiger partial charge on any atom is 0.277 e. The average molecular weight is 522 g/mol. The standard InChI is InChI=1S/C31H31N5O3/c1-21-27-28(36(34-21)24-11-7-4-8-12-24)30(37)33-29(32-27)25-14-13-23(19-26(25)39-2)31(38)15-17-35(18-16-31)20-22-9-5-3-6-10-22/h3-14,19,38H,15-18,20H2,1-2H3,(H,32,33,37). The number of aliphatic hydroxyl groups is 1. The molecule has 8 heteroatoms. The summed E-state index contributed by atoms with van der Waals surface area (Å²) in [7, 11) is 1.59. The van der Waals surface area contributed by atoms with E-state index < -0.39 is 5.60 Å². The molecule has 0 saturated carbocycles. The molecule has 5 aromatic rings. The molecule has 8 nitrogen and oxygen atoms in total. The number of hydrogen-bond acceptors (Lipinski definition) is 6. The SMILES string of the molecule is COc1cc(C2(O)CCN(Cc3ccccc3)CC2)ccc1-c1nc2c(C)nn(-c3ccccc3)c2c(=O)[nH]1. The number of hydrogen-bond donors (Lipinski definition) is 2. The van der Waals surface area contributed by atoms with Crippen LogP contribution in [0.4, 0.5) is 0 Å². The fraction of sp³-hybridized carbons (Fsp3) is 0.258. The summed E-state index contributed by atoms with van der Waals surface area (Å²) in [5, 5.41) is 16.2. The number of likely N-dealkylation sites (tertiary alicyclic amines) is 1. The zero-order valence-electron chi connectivity index (χ0n) is 22.1. The number of nitrogens with one attached hydrogen (secondary N) is 1. The van der Waals surface area contributed by atoms with Crippen molar-refractivity contribution in [1.82, 2.24) is 24.6 Å². The summed E-state index contributed by atoms with van der Waals surface area (Å²) >= 11 is 0. The molecule has 0 bridgehead atoms. The highest BCUT2D eigenvalue weighted by molar-refractivity contribution is 5.81. The van der Waals surface area contributed by atoms with Crippen LogP contribution in [0, 0.1) is 6.92 Å². The van der Waals surface area contributed by atoms with E-state index in [1.165, 1.54) is 5.56 Å². The molecule has 3 aromatic carbocycles. The first kappa shape index (κ1) is 25.0. The van der Waals surface area contributed by atoms with Crippen molar-refractivity contribution in [2.75, 3.05) is 20.2 Å². The molecule has 0 amide bonds. The molecule has 1 saturated heterocycles. The minimum atomic E-state index is -0.947. The first-order valence-corrected chi connectivity index (χ1v) is 13.2. The molecule has 2 aromatic heterocycles. The van der Waals surface area contributed by atoms with Gasteiger partial charge in [0.25, 0.3) is 5.56 Å². The van der Waals surface area contributed by atoms with E-state index in [4.69, 9.17) is 9.72 Å². The fourth-order valence-corrected chi connectivity index (χ4v) is 5.43. The normalized spacial score (nSPS) is 15.5. The van der Waals surface area contributed by atoms with Crippen LogP contribution in [0.3, 0.4) is 0 Å². The van der Waals surface area contributed by atoms with Crippen molar-refractivity contribution in [3.05, 3.63) is 106 Å². The van der Waals surface area contributed by atoms with E-state index in [2.05, 4.69) is 39.2 Å². The van der Waals surface area contributed by atoms with Crippen LogP contribution in [0.1, 0.15) is 29.7 Å². The van der Waals surface area contributed by atoms with Crippen molar-refractivity contribution >= 4 is 11.0 Å². The van der Waals surface area contributed by atoms with Gasteiger partial charge in [0.2, 0.25) is 0 Å². The van der Waals surface area contributed by atoms with Gasteiger partial charge in [0.05, 0.1) is 29.7 Å². The minimum Gasteiger partial charge on any atom is -0.496 e. The summed E-state index contributed by atoms with van der Waals surface area (Å²) in [6, 6.07) is 25.6. The van der Waals surface area contributed by atoms with E-state index in [0.29, 0.717) is 46.7 Å². The molecule has 0 aliphatic carbocycles. The predicted molar refractivity (Wildman–Crippen MR) is 151 cm³/mol. The van der Waals surface area contributed by atoms with E-state index in [1.54, 1.807) is 11.8 Å². The van der Waals surface area contributed by atoms with E-state index in [-0.39, 0.29) is 5.56 Å². The Labute approximate surface area is 226 Å². The van der Waals surface area contributed by atoms with E-state index in [1.807, 2.05) is 61.5 Å². The third-order valence-corrected chi connectivity index (χ3v) is 7.63. The molecule has 1 aliphatic heterocycles. The summed E-state index contributed by atoms with van der Waals surface area (Å²) in [5.41, 5.74) is 3.89. The maximum absolute atomic E-state index is 13.3. The molecule has 1 aliphatic rings. The Morgan fingerprint density at radius 2 is 1.69 bits per heavy atom. The highest BCUT2D eigenvalue weighted by Gasteiger charge is 2.34. The van der Waals surface area contributed by atoms with Gasteiger partial charge < -0.3 is 14.8 Å². The smallest absolute Gasteiger partial charge is 0.277 e. The van der Waals surface area contributed by atoms with Crippen molar-refractivity contribution in [2.24, 2.45) is 0 Å². The van der Waals surface area contributed by atoms with Crippen molar-refractivity contribution < 1.29 is 9.84 Å². The van der Waals surface area contributed by atoms with Gasteiger partial charge >= 0.3 is 0 Å². The highest BCUT2D eigenvalue weighted by Crippen LogP contribution is 2.38. The Balaban J connectivity index is 1.29. The third kappa shape index (κ3) is 4.73. The quantitative estimate of drug-likeness (QED) is 0.340. The molecule has 2 N–H and O–H groups in total. The van der Waals surface area contributed by atoms with Crippen molar-refractivity contribution in [2.45, 2.75) is 31.9 Å². The van der Waals surface area contributed by atoms with Gasteiger partial charge in [0, 0.05) is 19.6 Å². The number of H-pyrrole nitrogens is 1. The topological polar surface area (TPSA) is 96.3 Å². The number of aromatic amines is 1. The Morgan fingerprint density at radius 3 is 2.38 bits per heavy atom. The summed E-state index contributed by atoms with van der Waals surface area (Å²) in [5.74, 6) is 0.944. The van der Waals surface area contributed by atoms with Crippen LogP contribution in [0.15, 0.2) is 83.7 Å². The van der Waals surface area contributed by atoms with Gasteiger partial charge in [-0.05, 0) is 55.2 Å². The molecule has 1 fully saturated rings. The molecule has 198 valence electrons. The van der Waals surface area contributed by atoms with Crippen LogP contribution in [-0.4, -0.2) is 50.0 Å². The molecule has 6 rings (SSSR count). The summed E-state index contributed by atoms with van der Waals surface area (Å²) in [6.45, 7) is 4.32. The Morgan fingerprint density at radius 1 is 1.00 bits per heavy atom. The predicted octanol–water partition coefficient (Wildman–Crippen LogP) is 4.58. The number of aromatic nitrogens is 4. The zero-order chi connectivity index (χ0) is 27.0. The summed E-state index contributed by atoms with van der Waals surface area (Å²) in [6.07, 6.45) is 1.25. The molecule has 0 radical (unpaired) electrons. The molecule has 3 heterocycles. The lowest BCUT2D eigenvalue weighted by atomic mass is 9.83. The monoisotopic (exact) mass is 521 g/mol. The lowest BCUT2D eigenvalue weighted by Gasteiger charge is -2.38. The van der Waals surface area contributed by atoms with Gasteiger partial charge in [-0.1, -0.05) is 54.6 Å². The Hall–Kier alpha value is -4.27. The summed E-state index contributed by atoms with van der Waals surface area (Å²) < 4.78 is 7.35. The minimum absolute atomic E-state index is 0.282. The van der Waals surface area contributed by atoms with Crippen LogP contribution in [-0.2, 0) is 12.1 Å². The first-order valence-electron chi connectivity index (χ1n) is 13.2. The molecular weight excluding hydrogens is 490 g/mol. The Kier molecular flexibility index (Phi) is 6.50. The van der Waals surface area contributed by atoms with Gasteiger partial charge in [-0.3, -0.25) is 9.69 Å². The first-order chi connectivity index (χ1) is 18.9.